The quantitative estimate of drug-likeness (QED) is 0.325. The highest BCUT2D eigenvalue weighted by Crippen LogP contribution is 2.44. The Kier molecular flexibility index (Phi) is 9.26. The zero-order valence-electron chi connectivity index (χ0n) is 24.5. The van der Waals surface area contributed by atoms with Gasteiger partial charge in [0.2, 0.25) is 17.7 Å². The molecule has 42 heavy (non-hydrogen) atoms. The first-order valence-electron chi connectivity index (χ1n) is 15.2. The van der Waals surface area contributed by atoms with Crippen molar-refractivity contribution in [2.24, 2.45) is 17.8 Å². The van der Waals surface area contributed by atoms with E-state index in [1.165, 1.54) is 26.2 Å². The zero-order chi connectivity index (χ0) is 29.8. The van der Waals surface area contributed by atoms with E-state index >= 15 is 0 Å². The van der Waals surface area contributed by atoms with Gasteiger partial charge in [0.1, 0.15) is 0 Å². The Morgan fingerprint density at radius 3 is 2.50 bits per heavy atom. The summed E-state index contributed by atoms with van der Waals surface area (Å²) < 4.78 is 0. The number of amides is 4. The van der Waals surface area contributed by atoms with E-state index in [2.05, 4.69) is 16.0 Å². The third kappa shape index (κ3) is 7.18. The Hall–Kier alpha value is -3.72. The van der Waals surface area contributed by atoms with Crippen LogP contribution in [0.1, 0.15) is 74.7 Å². The Labute approximate surface area is 247 Å². The van der Waals surface area contributed by atoms with Gasteiger partial charge in [-0.15, -0.1) is 0 Å². The SMILES string of the molecule is CC(=O)Nc1cc(C(=O)NC(Cc2ccccc2)[C@@H](O)C[C@@H](C)C(=O)NC2CC3CCC2C3)cc(N2CCCC2=O)c1. The summed E-state index contributed by atoms with van der Waals surface area (Å²) >= 11 is 0. The third-order valence-electron chi connectivity index (χ3n) is 9.07. The summed E-state index contributed by atoms with van der Waals surface area (Å²) in [6.45, 7) is 3.75. The summed E-state index contributed by atoms with van der Waals surface area (Å²) in [5.41, 5.74) is 2.16. The number of carbonyl (C=O) groups excluding carboxylic acids is 4. The average Bonchev–Trinajstić information content (AvgIpc) is 3.70. The van der Waals surface area contributed by atoms with E-state index in [9.17, 15) is 24.3 Å². The van der Waals surface area contributed by atoms with Crippen molar-refractivity contribution in [3.05, 3.63) is 59.7 Å². The average molecular weight is 575 g/mol. The summed E-state index contributed by atoms with van der Waals surface area (Å²) in [6.07, 6.45) is 5.43. The van der Waals surface area contributed by atoms with Crippen molar-refractivity contribution in [2.75, 3.05) is 16.8 Å². The fraction of sp³-hybridized carbons (Fsp3) is 0.515. The first-order valence-corrected chi connectivity index (χ1v) is 15.2. The van der Waals surface area contributed by atoms with E-state index < -0.39 is 24.0 Å². The lowest BCUT2D eigenvalue weighted by Gasteiger charge is -2.28. The number of hydrogen-bond acceptors (Lipinski definition) is 5. The molecule has 224 valence electrons. The maximum Gasteiger partial charge on any atom is 0.251 e. The van der Waals surface area contributed by atoms with Crippen LogP contribution in [0.15, 0.2) is 48.5 Å². The highest BCUT2D eigenvalue weighted by molar-refractivity contribution is 6.01. The Morgan fingerprint density at radius 2 is 1.86 bits per heavy atom. The first-order chi connectivity index (χ1) is 20.2. The number of rotatable bonds is 11. The van der Waals surface area contributed by atoms with Crippen molar-refractivity contribution >= 4 is 35.0 Å². The van der Waals surface area contributed by atoms with Gasteiger partial charge >= 0.3 is 0 Å². The Balaban J connectivity index is 1.31. The van der Waals surface area contributed by atoms with Gasteiger partial charge in [0.15, 0.2) is 0 Å². The number of carbonyl (C=O) groups is 4. The van der Waals surface area contributed by atoms with Crippen LogP contribution in [0.5, 0.6) is 0 Å². The molecule has 0 spiro atoms. The predicted molar refractivity (Wildman–Crippen MR) is 161 cm³/mol. The molecule has 4 N–H and O–H groups in total. The van der Waals surface area contributed by atoms with Crippen molar-refractivity contribution in [1.82, 2.24) is 10.6 Å². The van der Waals surface area contributed by atoms with E-state index in [-0.39, 0.29) is 35.7 Å². The van der Waals surface area contributed by atoms with Gasteiger partial charge in [0.05, 0.1) is 12.1 Å². The largest absolute Gasteiger partial charge is 0.391 e. The van der Waals surface area contributed by atoms with Gasteiger partial charge in [0, 0.05) is 48.8 Å². The van der Waals surface area contributed by atoms with Crippen LogP contribution >= 0.6 is 0 Å². The number of aliphatic hydroxyl groups is 1. The molecule has 1 heterocycles. The van der Waals surface area contributed by atoms with Gasteiger partial charge < -0.3 is 26.0 Å². The molecule has 2 saturated carbocycles. The molecule has 1 saturated heterocycles. The summed E-state index contributed by atoms with van der Waals surface area (Å²) in [5, 5.41) is 20.3. The fourth-order valence-corrected chi connectivity index (χ4v) is 6.88. The number of nitrogens with zero attached hydrogens (tertiary/aromatic N) is 1. The van der Waals surface area contributed by atoms with E-state index in [0.29, 0.717) is 36.7 Å². The van der Waals surface area contributed by atoms with Gasteiger partial charge in [-0.25, -0.2) is 0 Å². The van der Waals surface area contributed by atoms with Gasteiger partial charge in [-0.1, -0.05) is 43.7 Å². The molecule has 6 atom stereocenters. The minimum atomic E-state index is -0.979. The van der Waals surface area contributed by atoms with Crippen molar-refractivity contribution in [3.63, 3.8) is 0 Å². The van der Waals surface area contributed by atoms with E-state index in [1.807, 2.05) is 37.3 Å². The summed E-state index contributed by atoms with van der Waals surface area (Å²) in [5.74, 6) is 0.0477. The van der Waals surface area contributed by atoms with Crippen molar-refractivity contribution in [2.45, 2.75) is 83.4 Å². The van der Waals surface area contributed by atoms with Crippen LogP contribution in [-0.4, -0.2) is 53.5 Å². The standard InChI is InChI=1S/C33H42N4O5/c1-20(32(41)35-28-16-23-10-11-24(28)14-23)13-30(39)29(15-22-7-4-3-5-8-22)36-33(42)25-17-26(34-21(2)38)19-27(18-25)37-12-6-9-31(37)40/h3-5,7-8,17-20,23-24,28-30,39H,6,9-16H2,1-2H3,(H,34,38)(H,35,41)(H,36,42)/t20-,23?,24?,28?,29?,30+/m1/s1. The number of nitrogens with one attached hydrogen (secondary N) is 3. The molecule has 2 aromatic carbocycles. The van der Waals surface area contributed by atoms with Crippen LogP contribution in [0.2, 0.25) is 0 Å². The van der Waals surface area contributed by atoms with Crippen LogP contribution < -0.4 is 20.9 Å². The predicted octanol–water partition coefficient (Wildman–Crippen LogP) is 3.80. The maximum atomic E-state index is 13.6. The summed E-state index contributed by atoms with van der Waals surface area (Å²) in [7, 11) is 0. The molecule has 5 rings (SSSR count). The Morgan fingerprint density at radius 1 is 1.07 bits per heavy atom. The zero-order valence-corrected chi connectivity index (χ0v) is 24.5. The molecule has 0 radical (unpaired) electrons. The topological polar surface area (TPSA) is 128 Å². The number of hydrogen-bond donors (Lipinski definition) is 4. The summed E-state index contributed by atoms with van der Waals surface area (Å²) in [6, 6.07) is 14.0. The minimum Gasteiger partial charge on any atom is -0.391 e. The molecular formula is C33H42N4O5. The monoisotopic (exact) mass is 574 g/mol. The van der Waals surface area contributed by atoms with Crippen molar-refractivity contribution in [1.29, 1.82) is 0 Å². The van der Waals surface area contributed by atoms with E-state index in [4.69, 9.17) is 0 Å². The van der Waals surface area contributed by atoms with Crippen LogP contribution in [0.4, 0.5) is 11.4 Å². The second-order valence-electron chi connectivity index (χ2n) is 12.4. The molecule has 3 aliphatic rings. The summed E-state index contributed by atoms with van der Waals surface area (Å²) in [4.78, 5) is 52.6. The Bertz CT molecular complexity index is 1310. The highest BCUT2D eigenvalue weighted by atomic mass is 16.3. The molecule has 9 heteroatoms. The molecule has 4 amide bonds. The molecular weight excluding hydrogens is 532 g/mol. The third-order valence-corrected chi connectivity index (χ3v) is 9.07. The number of fused-ring (bicyclic) bond motifs is 2. The van der Waals surface area contributed by atoms with Gasteiger partial charge in [0.25, 0.3) is 5.91 Å². The molecule has 3 fully saturated rings. The smallest absolute Gasteiger partial charge is 0.251 e. The van der Waals surface area contributed by atoms with Gasteiger partial charge in [-0.05, 0) is 74.1 Å². The molecule has 9 nitrogen and oxygen atoms in total. The number of benzene rings is 2. The lowest BCUT2D eigenvalue weighted by atomic mass is 9.91. The fourth-order valence-electron chi connectivity index (χ4n) is 6.88. The number of anilines is 2. The second-order valence-corrected chi connectivity index (χ2v) is 12.4. The lowest BCUT2D eigenvalue weighted by Crippen LogP contribution is -2.47. The molecule has 2 aromatic rings. The minimum absolute atomic E-state index is 0.0311. The second kappa shape index (κ2) is 13.1. The van der Waals surface area contributed by atoms with Crippen LogP contribution in [-0.2, 0) is 20.8 Å². The lowest BCUT2D eigenvalue weighted by molar-refractivity contribution is -0.126. The van der Waals surface area contributed by atoms with Crippen molar-refractivity contribution < 1.29 is 24.3 Å². The molecule has 4 unspecified atom stereocenters. The molecule has 0 aromatic heterocycles. The molecule has 2 bridgehead atoms. The first kappa shape index (κ1) is 29.8. The number of aliphatic hydroxyl groups excluding tert-OH is 1. The molecule has 1 aliphatic heterocycles. The highest BCUT2D eigenvalue weighted by Gasteiger charge is 2.40. The molecule has 2 aliphatic carbocycles. The van der Waals surface area contributed by atoms with Crippen molar-refractivity contribution in [3.8, 4) is 0 Å². The van der Waals surface area contributed by atoms with E-state index in [1.54, 1.807) is 23.1 Å². The van der Waals surface area contributed by atoms with Crippen LogP contribution in [0.25, 0.3) is 0 Å². The van der Waals surface area contributed by atoms with Gasteiger partial charge in [-0.2, -0.15) is 0 Å². The maximum absolute atomic E-state index is 13.6. The van der Waals surface area contributed by atoms with Crippen LogP contribution in [0, 0.1) is 17.8 Å². The van der Waals surface area contributed by atoms with E-state index in [0.717, 1.165) is 24.3 Å². The normalized spacial score (nSPS) is 23.4. The van der Waals surface area contributed by atoms with Crippen LogP contribution in [0.3, 0.4) is 0 Å². The van der Waals surface area contributed by atoms with Gasteiger partial charge in [-0.3, -0.25) is 19.2 Å².